The Morgan fingerprint density at radius 2 is 2.08 bits per heavy atom. The highest BCUT2D eigenvalue weighted by Crippen LogP contribution is 2.31. The lowest BCUT2D eigenvalue weighted by Gasteiger charge is -2.32. The number of hydrogen-bond acceptors (Lipinski definition) is 3. The summed E-state index contributed by atoms with van der Waals surface area (Å²) in [6.45, 7) is 8.88. The van der Waals surface area contributed by atoms with Gasteiger partial charge in [-0.15, -0.1) is 0 Å². The summed E-state index contributed by atoms with van der Waals surface area (Å²) >= 11 is 0. The SMILES string of the molecule is CCN(CC)C(=O)Cn1c([C@H]2CCCN(C(C)=O)C2)cc2cccnc21. The molecule has 0 aromatic carbocycles. The van der Waals surface area contributed by atoms with Crippen LogP contribution < -0.4 is 0 Å². The number of piperidine rings is 1. The predicted molar refractivity (Wildman–Crippen MR) is 102 cm³/mol. The normalized spacial score (nSPS) is 17.5. The van der Waals surface area contributed by atoms with Crippen LogP contribution in [0.15, 0.2) is 24.4 Å². The van der Waals surface area contributed by atoms with Crippen molar-refractivity contribution < 1.29 is 9.59 Å². The summed E-state index contributed by atoms with van der Waals surface area (Å²) in [6, 6.07) is 6.10. The lowest BCUT2D eigenvalue weighted by Crippen LogP contribution is -2.39. The lowest BCUT2D eigenvalue weighted by molar-refractivity contribution is -0.132. The number of carbonyl (C=O) groups excluding carboxylic acids is 2. The Balaban J connectivity index is 1.97. The summed E-state index contributed by atoms with van der Waals surface area (Å²) in [5, 5.41) is 1.05. The zero-order valence-corrected chi connectivity index (χ0v) is 15.9. The molecule has 1 saturated heterocycles. The van der Waals surface area contributed by atoms with E-state index in [9.17, 15) is 9.59 Å². The maximum absolute atomic E-state index is 12.7. The maximum Gasteiger partial charge on any atom is 0.242 e. The standard InChI is InChI=1S/C20H28N4O2/c1-4-22(5-2)19(26)14-24-18(12-16-8-6-10-21-20(16)24)17-9-7-11-23(13-17)15(3)25/h6,8,10,12,17H,4-5,7,9,11,13-14H2,1-3H3/t17-/m0/s1. The van der Waals surface area contributed by atoms with E-state index in [0.29, 0.717) is 26.2 Å². The fourth-order valence-corrected chi connectivity index (χ4v) is 3.93. The third kappa shape index (κ3) is 3.59. The zero-order chi connectivity index (χ0) is 18.7. The van der Waals surface area contributed by atoms with Gasteiger partial charge in [-0.25, -0.2) is 4.98 Å². The van der Waals surface area contributed by atoms with E-state index in [2.05, 4.69) is 15.6 Å². The minimum atomic E-state index is 0.110. The molecule has 2 amide bonds. The minimum Gasteiger partial charge on any atom is -0.342 e. The van der Waals surface area contributed by atoms with E-state index < -0.39 is 0 Å². The number of amides is 2. The molecule has 140 valence electrons. The number of aromatic nitrogens is 2. The van der Waals surface area contributed by atoms with Crippen molar-refractivity contribution in [2.75, 3.05) is 26.2 Å². The summed E-state index contributed by atoms with van der Waals surface area (Å²) in [6.07, 6.45) is 3.79. The van der Waals surface area contributed by atoms with Gasteiger partial charge in [0.1, 0.15) is 12.2 Å². The van der Waals surface area contributed by atoms with E-state index in [0.717, 1.165) is 36.1 Å². The van der Waals surface area contributed by atoms with Gasteiger partial charge >= 0.3 is 0 Å². The second-order valence-electron chi connectivity index (χ2n) is 6.94. The Hall–Kier alpha value is -2.37. The molecule has 26 heavy (non-hydrogen) atoms. The third-order valence-corrected chi connectivity index (χ3v) is 5.38. The molecule has 6 heteroatoms. The minimum absolute atomic E-state index is 0.110. The van der Waals surface area contributed by atoms with Gasteiger partial charge in [0.25, 0.3) is 0 Å². The summed E-state index contributed by atoms with van der Waals surface area (Å²) in [5.41, 5.74) is 1.97. The maximum atomic E-state index is 12.7. The highest BCUT2D eigenvalue weighted by atomic mass is 16.2. The van der Waals surface area contributed by atoms with E-state index >= 15 is 0 Å². The number of likely N-dealkylation sites (N-methyl/N-ethyl adjacent to an activating group) is 1. The third-order valence-electron chi connectivity index (χ3n) is 5.38. The van der Waals surface area contributed by atoms with E-state index in [1.807, 2.05) is 35.8 Å². The smallest absolute Gasteiger partial charge is 0.242 e. The van der Waals surface area contributed by atoms with Crippen LogP contribution in [0.1, 0.15) is 45.2 Å². The van der Waals surface area contributed by atoms with E-state index in [4.69, 9.17) is 0 Å². The molecule has 0 unspecified atom stereocenters. The number of hydrogen-bond donors (Lipinski definition) is 0. The second kappa shape index (κ2) is 7.89. The van der Waals surface area contributed by atoms with Crippen molar-refractivity contribution in [2.24, 2.45) is 0 Å². The predicted octanol–water partition coefficient (Wildman–Crippen LogP) is 2.63. The average Bonchev–Trinajstić information content (AvgIpc) is 3.01. The summed E-state index contributed by atoms with van der Waals surface area (Å²) in [7, 11) is 0. The Kier molecular flexibility index (Phi) is 5.59. The molecular formula is C20H28N4O2. The van der Waals surface area contributed by atoms with Crippen LogP contribution in [-0.2, 0) is 16.1 Å². The number of likely N-dealkylation sites (tertiary alicyclic amines) is 1. The van der Waals surface area contributed by atoms with Crippen molar-refractivity contribution in [3.8, 4) is 0 Å². The van der Waals surface area contributed by atoms with Crippen LogP contribution in [0.4, 0.5) is 0 Å². The van der Waals surface area contributed by atoms with Crippen molar-refractivity contribution >= 4 is 22.8 Å². The van der Waals surface area contributed by atoms with Gasteiger partial charge in [0, 0.05) is 56.3 Å². The van der Waals surface area contributed by atoms with Crippen LogP contribution in [0.5, 0.6) is 0 Å². The number of carbonyl (C=O) groups is 2. The highest BCUT2D eigenvalue weighted by molar-refractivity contribution is 5.82. The molecule has 3 heterocycles. The van der Waals surface area contributed by atoms with Gasteiger partial charge in [0.15, 0.2) is 0 Å². The van der Waals surface area contributed by atoms with Gasteiger partial charge in [-0.05, 0) is 44.9 Å². The summed E-state index contributed by atoms with van der Waals surface area (Å²) in [4.78, 5) is 32.8. The molecule has 1 aliphatic heterocycles. The van der Waals surface area contributed by atoms with Gasteiger partial charge in [-0.2, -0.15) is 0 Å². The first-order valence-electron chi connectivity index (χ1n) is 9.52. The molecule has 3 rings (SSSR count). The molecule has 1 fully saturated rings. The van der Waals surface area contributed by atoms with Crippen molar-refractivity contribution in [1.82, 2.24) is 19.4 Å². The molecule has 1 atom stereocenters. The van der Waals surface area contributed by atoms with Crippen LogP contribution in [0.3, 0.4) is 0 Å². The first-order valence-corrected chi connectivity index (χ1v) is 9.52. The van der Waals surface area contributed by atoms with Crippen molar-refractivity contribution in [2.45, 2.75) is 46.1 Å². The quantitative estimate of drug-likeness (QED) is 0.827. The first kappa shape index (κ1) is 18.4. The number of fused-ring (bicyclic) bond motifs is 1. The Labute approximate surface area is 154 Å². The topological polar surface area (TPSA) is 58.4 Å². The van der Waals surface area contributed by atoms with Crippen molar-refractivity contribution in [3.05, 3.63) is 30.1 Å². The molecular weight excluding hydrogens is 328 g/mol. The number of nitrogens with zero attached hydrogens (tertiary/aromatic N) is 4. The number of rotatable bonds is 5. The molecule has 1 aliphatic rings. The molecule has 0 saturated carbocycles. The Morgan fingerprint density at radius 1 is 1.31 bits per heavy atom. The zero-order valence-electron chi connectivity index (χ0n) is 15.9. The number of pyridine rings is 1. The monoisotopic (exact) mass is 356 g/mol. The first-order chi connectivity index (χ1) is 12.5. The van der Waals surface area contributed by atoms with Crippen LogP contribution >= 0.6 is 0 Å². The highest BCUT2D eigenvalue weighted by Gasteiger charge is 2.27. The van der Waals surface area contributed by atoms with E-state index in [-0.39, 0.29) is 17.7 Å². The average molecular weight is 356 g/mol. The van der Waals surface area contributed by atoms with Gasteiger partial charge in [-0.3, -0.25) is 9.59 Å². The molecule has 2 aromatic heterocycles. The molecule has 0 aliphatic carbocycles. The Morgan fingerprint density at radius 3 is 2.77 bits per heavy atom. The van der Waals surface area contributed by atoms with Gasteiger partial charge < -0.3 is 14.4 Å². The van der Waals surface area contributed by atoms with Crippen LogP contribution in [0.25, 0.3) is 11.0 Å². The molecule has 6 nitrogen and oxygen atoms in total. The molecule has 0 N–H and O–H groups in total. The van der Waals surface area contributed by atoms with E-state index in [1.54, 1.807) is 13.1 Å². The summed E-state index contributed by atoms with van der Waals surface area (Å²) < 4.78 is 2.06. The molecule has 0 radical (unpaired) electrons. The molecule has 0 bridgehead atoms. The van der Waals surface area contributed by atoms with Gasteiger partial charge in [-0.1, -0.05) is 0 Å². The van der Waals surface area contributed by atoms with Crippen molar-refractivity contribution in [1.29, 1.82) is 0 Å². The van der Waals surface area contributed by atoms with Gasteiger partial charge in [0.2, 0.25) is 11.8 Å². The molecule has 2 aromatic rings. The summed E-state index contributed by atoms with van der Waals surface area (Å²) in [5.74, 6) is 0.472. The Bertz CT molecular complexity index is 794. The second-order valence-corrected chi connectivity index (χ2v) is 6.94. The lowest BCUT2D eigenvalue weighted by atomic mass is 9.94. The van der Waals surface area contributed by atoms with Crippen LogP contribution in [0.2, 0.25) is 0 Å². The van der Waals surface area contributed by atoms with Crippen LogP contribution in [0, 0.1) is 0 Å². The van der Waals surface area contributed by atoms with Crippen LogP contribution in [-0.4, -0.2) is 57.3 Å². The molecule has 0 spiro atoms. The fraction of sp³-hybridized carbons (Fsp3) is 0.550. The van der Waals surface area contributed by atoms with Crippen molar-refractivity contribution in [3.63, 3.8) is 0 Å². The van der Waals surface area contributed by atoms with E-state index in [1.165, 1.54) is 0 Å². The van der Waals surface area contributed by atoms with Gasteiger partial charge in [0.05, 0.1) is 0 Å². The largest absolute Gasteiger partial charge is 0.342 e. The fourth-order valence-electron chi connectivity index (χ4n) is 3.93.